The highest BCUT2D eigenvalue weighted by Gasteiger charge is 2.77. The molecule has 3 unspecified atom stereocenters. The molecule has 176 valence electrons. The van der Waals surface area contributed by atoms with Crippen LogP contribution in [0.4, 0.5) is 0 Å². The summed E-state index contributed by atoms with van der Waals surface area (Å²) >= 11 is 0. The molecule has 12 heteroatoms. The van der Waals surface area contributed by atoms with Gasteiger partial charge in [-0.2, -0.15) is 0 Å². The fourth-order valence-corrected chi connectivity index (χ4v) is 4.13. The second-order valence-corrected chi connectivity index (χ2v) is 8.72. The molecule has 0 bridgehead atoms. The molecular formula is C18H33NO11. The maximum absolute atomic E-state index is 12.0. The summed E-state index contributed by atoms with van der Waals surface area (Å²) in [5, 5.41) is 82.4. The molecule has 0 spiro atoms. The van der Waals surface area contributed by atoms with Gasteiger partial charge in [-0.25, -0.2) is 4.79 Å². The Kier molecular flexibility index (Phi) is 7.36. The van der Waals surface area contributed by atoms with E-state index in [2.05, 4.69) is 5.32 Å². The van der Waals surface area contributed by atoms with Crippen molar-refractivity contribution in [3.63, 3.8) is 0 Å². The van der Waals surface area contributed by atoms with Crippen LogP contribution in [-0.4, -0.2) is 100 Å². The van der Waals surface area contributed by atoms with E-state index in [4.69, 9.17) is 14.9 Å². The minimum absolute atomic E-state index is 0.485. The number of hydrogen-bond donors (Lipinski definition) is 9. The monoisotopic (exact) mass is 439 g/mol. The smallest absolute Gasteiger partial charge is 0.364 e. The van der Waals surface area contributed by atoms with Gasteiger partial charge in [0.1, 0.15) is 11.7 Å². The van der Waals surface area contributed by atoms with Crippen molar-refractivity contribution >= 4 is 11.9 Å². The number of amides is 1. The van der Waals surface area contributed by atoms with Gasteiger partial charge in [-0.15, -0.1) is 0 Å². The third-order valence-corrected chi connectivity index (χ3v) is 6.81. The van der Waals surface area contributed by atoms with Crippen LogP contribution in [0.3, 0.4) is 0 Å². The third-order valence-electron chi connectivity index (χ3n) is 6.81. The summed E-state index contributed by atoms with van der Waals surface area (Å²) in [5.74, 6) is -5.55. The van der Waals surface area contributed by atoms with E-state index < -0.39 is 77.8 Å². The van der Waals surface area contributed by atoms with Gasteiger partial charge in [-0.05, 0) is 26.7 Å². The minimum atomic E-state index is -3.03. The van der Waals surface area contributed by atoms with Gasteiger partial charge in [-0.1, -0.05) is 13.8 Å². The highest BCUT2D eigenvalue weighted by molar-refractivity contribution is 5.78. The Hall–Kier alpha value is -1.38. The molecule has 0 aromatic rings. The number of carbonyl (C=O) groups excluding carboxylic acids is 1. The number of carbonyl (C=O) groups is 2. The van der Waals surface area contributed by atoms with Crippen molar-refractivity contribution in [2.24, 2.45) is 5.41 Å². The number of aliphatic hydroxyl groups excluding tert-OH is 4. The first kappa shape index (κ1) is 26.7. The van der Waals surface area contributed by atoms with Gasteiger partial charge in [0, 0.05) is 6.92 Å². The fraction of sp³-hybridized carbons (Fsp3) is 0.889. The third kappa shape index (κ3) is 3.71. The first-order valence-electron chi connectivity index (χ1n) is 9.37. The highest BCUT2D eigenvalue weighted by atomic mass is 16.7. The van der Waals surface area contributed by atoms with Crippen molar-refractivity contribution in [2.45, 2.75) is 88.5 Å². The molecule has 0 saturated carbocycles. The number of carboxylic acids is 1. The predicted molar refractivity (Wildman–Crippen MR) is 99.6 cm³/mol. The molecule has 0 aromatic heterocycles. The van der Waals surface area contributed by atoms with Gasteiger partial charge in [-0.3, -0.25) is 4.79 Å². The number of aliphatic hydroxyl groups is 7. The van der Waals surface area contributed by atoms with Crippen molar-refractivity contribution in [1.29, 1.82) is 0 Å². The quantitative estimate of drug-likeness (QED) is 0.174. The molecule has 9 N–H and O–H groups in total. The van der Waals surface area contributed by atoms with Crippen molar-refractivity contribution in [3.05, 3.63) is 0 Å². The van der Waals surface area contributed by atoms with E-state index in [0.29, 0.717) is 0 Å². The largest absolute Gasteiger partial charge is 0.477 e. The van der Waals surface area contributed by atoms with Crippen molar-refractivity contribution < 1.29 is 55.2 Å². The van der Waals surface area contributed by atoms with Crippen molar-refractivity contribution in [2.75, 3.05) is 6.61 Å². The fourth-order valence-electron chi connectivity index (χ4n) is 4.13. The van der Waals surface area contributed by atoms with Crippen LogP contribution in [-0.2, 0) is 14.3 Å². The summed E-state index contributed by atoms with van der Waals surface area (Å²) in [6.45, 7) is 4.99. The molecule has 1 heterocycles. The van der Waals surface area contributed by atoms with Gasteiger partial charge < -0.3 is 50.9 Å². The number of hydrogen-bond acceptors (Lipinski definition) is 10. The minimum Gasteiger partial charge on any atom is -0.477 e. The lowest BCUT2D eigenvalue weighted by molar-refractivity contribution is -0.404. The molecule has 0 aliphatic carbocycles. The zero-order valence-corrected chi connectivity index (χ0v) is 17.7. The Morgan fingerprint density at radius 2 is 1.53 bits per heavy atom. The molecule has 1 amide bonds. The molecule has 12 nitrogen and oxygen atoms in total. The van der Waals surface area contributed by atoms with Gasteiger partial charge >= 0.3 is 5.97 Å². The molecule has 30 heavy (non-hydrogen) atoms. The summed E-state index contributed by atoms with van der Waals surface area (Å²) in [4.78, 5) is 23.9. The van der Waals surface area contributed by atoms with E-state index in [9.17, 15) is 40.2 Å². The van der Waals surface area contributed by atoms with Crippen LogP contribution in [0.15, 0.2) is 0 Å². The van der Waals surface area contributed by atoms with Crippen LogP contribution in [0, 0.1) is 5.41 Å². The Morgan fingerprint density at radius 3 is 1.90 bits per heavy atom. The average Bonchev–Trinajstić information content (AvgIpc) is 2.61. The summed E-state index contributed by atoms with van der Waals surface area (Å²) in [6, 6.07) is 0. The maximum Gasteiger partial charge on any atom is 0.364 e. The second kappa shape index (κ2) is 8.28. The lowest BCUT2D eigenvalue weighted by Gasteiger charge is -2.67. The second-order valence-electron chi connectivity index (χ2n) is 8.72. The Labute approximate surface area is 173 Å². The molecular weight excluding hydrogens is 406 g/mol. The zero-order valence-electron chi connectivity index (χ0n) is 17.7. The van der Waals surface area contributed by atoms with Crippen LogP contribution in [0.5, 0.6) is 0 Å². The number of ether oxygens (including phenoxy) is 1. The molecule has 1 saturated heterocycles. The summed E-state index contributed by atoms with van der Waals surface area (Å²) in [5.41, 5.74) is -8.22. The first-order chi connectivity index (χ1) is 13.4. The number of nitrogens with one attached hydrogen (secondary N) is 1. The standard InChI is InChI=1S/C18H33NO11/c1-9(21)19-15(4)16(5,28)14(2,3)18(29,13(26)27)30-17(15,8-20)7-6-10(22)11(23)12(24)25/h10-12,20,22-25,28-29H,6-8H2,1-5H3,(H,19,21)(H,26,27)/t10?,11?,15-,16-,17?,18+/m1/s1. The van der Waals surface area contributed by atoms with Crippen molar-refractivity contribution in [3.8, 4) is 0 Å². The van der Waals surface area contributed by atoms with Crippen LogP contribution >= 0.6 is 0 Å². The van der Waals surface area contributed by atoms with Gasteiger partial charge in [0.05, 0.1) is 29.3 Å². The highest BCUT2D eigenvalue weighted by Crippen LogP contribution is 2.58. The SMILES string of the molecule is CC(=O)N[C@@]1(C)C(CO)(CCC(O)C(O)C(O)O)O[C@@](O)(C(=O)O)C(C)(C)[C@@]1(C)O. The molecule has 0 aromatic carbocycles. The van der Waals surface area contributed by atoms with E-state index >= 15 is 0 Å². The van der Waals surface area contributed by atoms with Gasteiger partial charge in [0.25, 0.3) is 5.79 Å². The maximum atomic E-state index is 12.0. The van der Waals surface area contributed by atoms with E-state index in [1.165, 1.54) is 27.7 Å². The summed E-state index contributed by atoms with van der Waals surface area (Å²) in [7, 11) is 0. The molecule has 0 radical (unpaired) electrons. The lowest BCUT2D eigenvalue weighted by atomic mass is 9.53. The molecule has 1 fully saturated rings. The van der Waals surface area contributed by atoms with E-state index in [1.807, 2.05) is 0 Å². The molecule has 1 aliphatic rings. The molecule has 1 rings (SSSR count). The Balaban J connectivity index is 3.64. The topological polar surface area (TPSA) is 217 Å². The van der Waals surface area contributed by atoms with Crippen LogP contribution < -0.4 is 5.32 Å². The van der Waals surface area contributed by atoms with Crippen molar-refractivity contribution in [1.82, 2.24) is 5.32 Å². The number of carboxylic acid groups (broad SMARTS) is 1. The van der Waals surface area contributed by atoms with Gasteiger partial charge in [0.2, 0.25) is 5.91 Å². The predicted octanol–water partition coefficient (Wildman–Crippen LogP) is -2.99. The van der Waals surface area contributed by atoms with E-state index in [1.54, 1.807) is 0 Å². The molecule has 1 aliphatic heterocycles. The van der Waals surface area contributed by atoms with Crippen LogP contribution in [0.1, 0.15) is 47.5 Å². The number of aliphatic carboxylic acids is 1. The van der Waals surface area contributed by atoms with E-state index in [0.717, 1.165) is 6.92 Å². The van der Waals surface area contributed by atoms with Crippen LogP contribution in [0.25, 0.3) is 0 Å². The summed E-state index contributed by atoms with van der Waals surface area (Å²) in [6.07, 6.45) is -7.02. The summed E-state index contributed by atoms with van der Waals surface area (Å²) < 4.78 is 5.54. The Morgan fingerprint density at radius 1 is 1.03 bits per heavy atom. The van der Waals surface area contributed by atoms with Crippen LogP contribution in [0.2, 0.25) is 0 Å². The van der Waals surface area contributed by atoms with E-state index in [-0.39, 0.29) is 0 Å². The van der Waals surface area contributed by atoms with Gasteiger partial charge in [0.15, 0.2) is 6.29 Å². The molecule has 6 atom stereocenters. The average molecular weight is 439 g/mol. The zero-order chi connectivity index (χ0) is 23.9. The first-order valence-corrected chi connectivity index (χ1v) is 9.37. The Bertz CT molecular complexity index is 667. The lowest BCUT2D eigenvalue weighted by Crippen LogP contribution is -2.87. The number of rotatable bonds is 8. The normalized spacial score (nSPS) is 38.2.